The first kappa shape index (κ1) is 26.8. The first-order chi connectivity index (χ1) is 17.6. The van der Waals surface area contributed by atoms with Crippen molar-refractivity contribution >= 4 is 56.7 Å². The summed E-state index contributed by atoms with van der Waals surface area (Å²) in [6.07, 6.45) is -0.372. The molecule has 4 rings (SSSR count). The lowest BCUT2D eigenvalue weighted by Crippen LogP contribution is -2.45. The number of carbonyl (C=O) groups is 3. The van der Waals surface area contributed by atoms with Crippen LogP contribution in [0.2, 0.25) is 10.0 Å². The lowest BCUT2D eigenvalue weighted by molar-refractivity contribution is -0.122. The summed E-state index contributed by atoms with van der Waals surface area (Å²) < 4.78 is 33.6. The van der Waals surface area contributed by atoms with Gasteiger partial charge in [0, 0.05) is 11.6 Å². The van der Waals surface area contributed by atoms with E-state index in [1.807, 2.05) is 0 Å². The van der Waals surface area contributed by atoms with Crippen LogP contribution in [0.1, 0.15) is 29.3 Å². The van der Waals surface area contributed by atoms with Crippen LogP contribution in [0.3, 0.4) is 0 Å². The number of rotatable bonds is 8. The first-order valence-corrected chi connectivity index (χ1v) is 13.5. The molecular formula is C26H22Cl2N2O6S. The maximum atomic E-state index is 13.8. The third kappa shape index (κ3) is 5.55. The minimum Gasteiger partial charge on any atom is -0.462 e. The van der Waals surface area contributed by atoms with Gasteiger partial charge in [-0.15, -0.1) is 0 Å². The predicted octanol–water partition coefficient (Wildman–Crippen LogP) is 4.69. The van der Waals surface area contributed by atoms with Crippen LogP contribution < -0.4 is 4.90 Å². The monoisotopic (exact) mass is 560 g/mol. The average molecular weight is 561 g/mol. The summed E-state index contributed by atoms with van der Waals surface area (Å²) in [6.45, 7) is 1.71. The number of anilines is 1. The highest BCUT2D eigenvalue weighted by Crippen LogP contribution is 2.34. The van der Waals surface area contributed by atoms with Gasteiger partial charge in [0.2, 0.25) is 15.9 Å². The molecule has 0 saturated carbocycles. The smallest absolute Gasteiger partial charge is 0.338 e. The third-order valence-corrected chi connectivity index (χ3v) is 8.34. The Bertz CT molecular complexity index is 1450. The lowest BCUT2D eigenvalue weighted by Gasteiger charge is -2.27. The minimum atomic E-state index is -4.37. The molecule has 0 N–H and O–H groups in total. The SMILES string of the molecule is CCOC(=O)c1ccc(N2C(=O)CC(N(Cc3ccccc3)S(=O)(=O)c3cc(Cl)ccc3Cl)C2=O)cc1. The van der Waals surface area contributed by atoms with Crippen molar-refractivity contribution < 1.29 is 27.5 Å². The lowest BCUT2D eigenvalue weighted by atomic mass is 10.2. The van der Waals surface area contributed by atoms with Crippen molar-refractivity contribution in [1.29, 1.82) is 0 Å². The van der Waals surface area contributed by atoms with E-state index in [9.17, 15) is 22.8 Å². The van der Waals surface area contributed by atoms with Crippen LogP contribution in [-0.2, 0) is 30.9 Å². The van der Waals surface area contributed by atoms with Gasteiger partial charge in [-0.3, -0.25) is 9.59 Å². The molecule has 192 valence electrons. The molecule has 0 bridgehead atoms. The Balaban J connectivity index is 1.72. The Labute approximate surface area is 224 Å². The van der Waals surface area contributed by atoms with E-state index in [0.717, 1.165) is 9.21 Å². The van der Waals surface area contributed by atoms with E-state index in [1.54, 1.807) is 37.3 Å². The van der Waals surface area contributed by atoms with Gasteiger partial charge in [-0.25, -0.2) is 18.1 Å². The Morgan fingerprint density at radius 1 is 1.03 bits per heavy atom. The first-order valence-electron chi connectivity index (χ1n) is 11.3. The molecule has 2 amide bonds. The highest BCUT2D eigenvalue weighted by molar-refractivity contribution is 7.89. The number of hydrogen-bond acceptors (Lipinski definition) is 6. The van der Waals surface area contributed by atoms with E-state index < -0.39 is 33.8 Å². The fourth-order valence-corrected chi connectivity index (χ4v) is 6.31. The van der Waals surface area contributed by atoms with Gasteiger partial charge < -0.3 is 4.74 Å². The number of halogens is 2. The summed E-state index contributed by atoms with van der Waals surface area (Å²) in [4.78, 5) is 39.2. The number of benzene rings is 3. The number of hydrogen-bond donors (Lipinski definition) is 0. The summed E-state index contributed by atoms with van der Waals surface area (Å²) >= 11 is 12.3. The standard InChI is InChI=1S/C26H22Cl2N2O6S/c1-2-36-26(33)18-8-11-20(12-9-18)30-24(31)15-22(25(30)32)29(16-17-6-4-3-5-7-17)37(34,35)23-14-19(27)10-13-21(23)28/h3-14,22H,2,15-16H2,1H3. The Morgan fingerprint density at radius 2 is 1.70 bits per heavy atom. The van der Waals surface area contributed by atoms with Gasteiger partial charge in [-0.1, -0.05) is 53.5 Å². The van der Waals surface area contributed by atoms with E-state index >= 15 is 0 Å². The Kier molecular flexibility index (Phi) is 7.99. The van der Waals surface area contributed by atoms with E-state index in [-0.39, 0.29) is 45.8 Å². The minimum absolute atomic E-state index is 0.0642. The largest absolute Gasteiger partial charge is 0.462 e. The molecule has 1 atom stereocenters. The fourth-order valence-electron chi connectivity index (χ4n) is 4.00. The molecular weight excluding hydrogens is 539 g/mol. The quantitative estimate of drug-likeness (QED) is 0.292. The van der Waals surface area contributed by atoms with E-state index in [4.69, 9.17) is 27.9 Å². The second-order valence-corrected chi connectivity index (χ2v) is 10.9. The summed E-state index contributed by atoms with van der Waals surface area (Å²) in [5.74, 6) is -1.83. The van der Waals surface area contributed by atoms with Gasteiger partial charge in [0.1, 0.15) is 10.9 Å². The van der Waals surface area contributed by atoms with Crippen molar-refractivity contribution in [1.82, 2.24) is 4.31 Å². The molecule has 1 unspecified atom stereocenters. The van der Waals surface area contributed by atoms with Crippen molar-refractivity contribution in [2.24, 2.45) is 0 Å². The molecule has 1 aliphatic heterocycles. The molecule has 1 heterocycles. The number of nitrogens with zero attached hydrogens (tertiary/aromatic N) is 2. The number of sulfonamides is 1. The number of carbonyl (C=O) groups excluding carboxylic acids is 3. The molecule has 0 aliphatic carbocycles. The topological polar surface area (TPSA) is 101 Å². The van der Waals surface area contributed by atoms with Gasteiger partial charge in [-0.05, 0) is 55.0 Å². The molecule has 3 aromatic rings. The number of amides is 2. The van der Waals surface area contributed by atoms with Gasteiger partial charge in [0.05, 0.1) is 29.3 Å². The van der Waals surface area contributed by atoms with Crippen LogP contribution in [0.5, 0.6) is 0 Å². The zero-order chi connectivity index (χ0) is 26.7. The van der Waals surface area contributed by atoms with E-state index in [2.05, 4.69) is 0 Å². The molecule has 3 aromatic carbocycles. The molecule has 37 heavy (non-hydrogen) atoms. The van der Waals surface area contributed by atoms with Crippen molar-refractivity contribution in [3.8, 4) is 0 Å². The molecule has 0 spiro atoms. The summed E-state index contributed by atoms with van der Waals surface area (Å²) in [5.41, 5.74) is 1.08. The maximum Gasteiger partial charge on any atom is 0.338 e. The second-order valence-electron chi connectivity index (χ2n) is 8.17. The predicted molar refractivity (Wildman–Crippen MR) is 139 cm³/mol. The molecule has 0 aromatic heterocycles. The zero-order valence-corrected chi connectivity index (χ0v) is 22.0. The van der Waals surface area contributed by atoms with Crippen LogP contribution in [0, 0.1) is 0 Å². The molecule has 8 nitrogen and oxygen atoms in total. The second kappa shape index (κ2) is 11.0. The van der Waals surface area contributed by atoms with Crippen LogP contribution in [0.25, 0.3) is 0 Å². The maximum absolute atomic E-state index is 13.8. The molecule has 1 saturated heterocycles. The average Bonchev–Trinajstić information content (AvgIpc) is 3.17. The molecule has 11 heteroatoms. The Morgan fingerprint density at radius 3 is 2.35 bits per heavy atom. The van der Waals surface area contributed by atoms with Gasteiger partial charge in [0.25, 0.3) is 5.91 Å². The normalized spacial score (nSPS) is 15.9. The fraction of sp³-hybridized carbons (Fsp3) is 0.192. The molecule has 1 aliphatic rings. The van der Waals surface area contributed by atoms with E-state index in [0.29, 0.717) is 5.56 Å². The highest BCUT2D eigenvalue weighted by atomic mass is 35.5. The van der Waals surface area contributed by atoms with Crippen molar-refractivity contribution in [3.05, 3.63) is 94.0 Å². The van der Waals surface area contributed by atoms with Gasteiger partial charge in [0.15, 0.2) is 0 Å². The van der Waals surface area contributed by atoms with Crippen LogP contribution in [0.4, 0.5) is 5.69 Å². The molecule has 1 fully saturated rings. The molecule has 0 radical (unpaired) electrons. The summed E-state index contributed by atoms with van der Waals surface area (Å²) in [5, 5.41) is 0.0884. The van der Waals surface area contributed by atoms with Crippen LogP contribution in [0.15, 0.2) is 77.7 Å². The van der Waals surface area contributed by atoms with E-state index in [1.165, 1.54) is 42.5 Å². The number of imide groups is 1. The third-order valence-electron chi connectivity index (χ3n) is 5.77. The number of esters is 1. The summed E-state index contributed by atoms with van der Waals surface area (Å²) in [7, 11) is -4.37. The zero-order valence-electron chi connectivity index (χ0n) is 19.6. The number of ether oxygens (including phenoxy) is 1. The summed E-state index contributed by atoms with van der Waals surface area (Å²) in [6, 6.07) is 17.2. The van der Waals surface area contributed by atoms with Crippen molar-refractivity contribution in [3.63, 3.8) is 0 Å². The highest BCUT2D eigenvalue weighted by Gasteiger charge is 2.47. The van der Waals surface area contributed by atoms with Crippen LogP contribution in [-0.4, -0.2) is 43.2 Å². The van der Waals surface area contributed by atoms with Crippen molar-refractivity contribution in [2.45, 2.75) is 30.8 Å². The van der Waals surface area contributed by atoms with Gasteiger partial charge in [-0.2, -0.15) is 4.31 Å². The Hall–Kier alpha value is -3.24. The van der Waals surface area contributed by atoms with Gasteiger partial charge >= 0.3 is 5.97 Å². The van der Waals surface area contributed by atoms with Crippen LogP contribution >= 0.6 is 23.2 Å². The van der Waals surface area contributed by atoms with Crippen molar-refractivity contribution in [2.75, 3.05) is 11.5 Å².